The maximum absolute atomic E-state index is 9.16. The zero-order chi connectivity index (χ0) is 8.27. The summed E-state index contributed by atoms with van der Waals surface area (Å²) in [5.74, 6) is 0.954. The van der Waals surface area contributed by atoms with Gasteiger partial charge in [0.15, 0.2) is 6.23 Å². The Hall–Kier alpha value is -0.830. The molecule has 3 nitrogen and oxygen atoms in total. The molecule has 1 N–H and O–H groups in total. The van der Waals surface area contributed by atoms with E-state index in [1.54, 1.807) is 6.08 Å². The van der Waals surface area contributed by atoms with Gasteiger partial charge in [-0.25, -0.2) is 4.99 Å². The summed E-state index contributed by atoms with van der Waals surface area (Å²) >= 11 is 0. The van der Waals surface area contributed by atoms with Crippen molar-refractivity contribution in [3.8, 4) is 0 Å². The molecular weight excluding hydrogens is 140 g/mol. The highest BCUT2D eigenvalue weighted by atomic mass is 16.3. The molecule has 0 aliphatic carbocycles. The van der Waals surface area contributed by atoms with Crippen LogP contribution < -0.4 is 0 Å². The van der Waals surface area contributed by atoms with Crippen LogP contribution in [0.4, 0.5) is 0 Å². The Labute approximate surface area is 67.0 Å². The summed E-state index contributed by atoms with van der Waals surface area (Å²) in [7, 11) is 0. The lowest BCUT2D eigenvalue weighted by Gasteiger charge is -2.16. The largest absolute Gasteiger partial charge is 0.370 e. The molecule has 0 fully saturated rings. The number of β-amino-alcohol motifs (C(OH)–C–C–N with tert-alkyl or cyclic N) is 1. The summed E-state index contributed by atoms with van der Waals surface area (Å²) < 4.78 is 0. The normalized spacial score (nSPS) is 23.6. The molecule has 0 spiro atoms. The van der Waals surface area contributed by atoms with Crippen molar-refractivity contribution in [3.63, 3.8) is 0 Å². The zero-order valence-corrected chi connectivity index (χ0v) is 6.82. The predicted molar refractivity (Wildman–Crippen MR) is 45.5 cm³/mol. The fraction of sp³-hybridized carbons (Fsp3) is 0.625. The summed E-state index contributed by atoms with van der Waals surface area (Å²) in [5.41, 5.74) is 0. The van der Waals surface area contributed by atoms with E-state index in [4.69, 9.17) is 5.11 Å². The number of amidine groups is 1. The van der Waals surface area contributed by atoms with E-state index in [2.05, 4.69) is 23.4 Å². The molecule has 0 radical (unpaired) electrons. The van der Waals surface area contributed by atoms with Crippen molar-refractivity contribution in [3.05, 3.63) is 12.7 Å². The average molecular weight is 154 g/mol. The molecule has 0 aromatic rings. The van der Waals surface area contributed by atoms with Gasteiger partial charge in [-0.2, -0.15) is 0 Å². The van der Waals surface area contributed by atoms with E-state index in [1.807, 2.05) is 0 Å². The number of aliphatic imine (C=N–C) groups is 1. The van der Waals surface area contributed by atoms with Crippen LogP contribution >= 0.6 is 0 Å². The number of aliphatic hydroxyl groups is 1. The van der Waals surface area contributed by atoms with Crippen molar-refractivity contribution in [2.75, 3.05) is 13.1 Å². The molecule has 3 heteroatoms. The van der Waals surface area contributed by atoms with Crippen molar-refractivity contribution < 1.29 is 5.11 Å². The van der Waals surface area contributed by atoms with Crippen LogP contribution in [0.2, 0.25) is 0 Å². The Bertz CT molecular complexity index is 177. The van der Waals surface area contributed by atoms with Gasteiger partial charge in [-0.15, -0.1) is 6.58 Å². The first-order chi connectivity index (χ1) is 5.27. The standard InChI is InChI=1S/C8H14N2O/c1-3-5-7-9-8(11)6-10(7)4-2/h3,8,11H,1,4-6H2,2H3. The maximum atomic E-state index is 9.16. The Morgan fingerprint density at radius 2 is 2.64 bits per heavy atom. The summed E-state index contributed by atoms with van der Waals surface area (Å²) in [6, 6.07) is 0. The molecule has 1 atom stereocenters. The zero-order valence-electron chi connectivity index (χ0n) is 6.82. The highest BCUT2D eigenvalue weighted by Crippen LogP contribution is 2.08. The summed E-state index contributed by atoms with van der Waals surface area (Å²) in [6.07, 6.45) is 2.04. The number of aliphatic hydroxyl groups excluding tert-OH is 1. The molecule has 1 rings (SSSR count). The highest BCUT2D eigenvalue weighted by Gasteiger charge is 2.19. The number of nitrogens with zero attached hydrogens (tertiary/aromatic N) is 2. The van der Waals surface area contributed by atoms with E-state index < -0.39 is 6.23 Å². The van der Waals surface area contributed by atoms with Crippen LogP contribution in [0.25, 0.3) is 0 Å². The lowest BCUT2D eigenvalue weighted by molar-refractivity contribution is 0.173. The smallest absolute Gasteiger partial charge is 0.164 e. The van der Waals surface area contributed by atoms with Gasteiger partial charge in [0.05, 0.1) is 6.54 Å². The lowest BCUT2D eigenvalue weighted by atomic mass is 10.3. The minimum absolute atomic E-state index is 0.523. The molecule has 0 saturated carbocycles. The van der Waals surface area contributed by atoms with Crippen LogP contribution in [0.1, 0.15) is 13.3 Å². The van der Waals surface area contributed by atoms with E-state index in [1.165, 1.54) is 0 Å². The number of rotatable bonds is 3. The first-order valence-electron chi connectivity index (χ1n) is 3.88. The second-order valence-electron chi connectivity index (χ2n) is 2.56. The van der Waals surface area contributed by atoms with Crippen molar-refractivity contribution in [2.45, 2.75) is 19.6 Å². The van der Waals surface area contributed by atoms with Crippen molar-refractivity contribution in [1.82, 2.24) is 4.90 Å². The summed E-state index contributed by atoms with van der Waals surface area (Å²) in [6.45, 7) is 7.23. The Balaban J connectivity index is 2.57. The van der Waals surface area contributed by atoms with Crippen LogP contribution in [-0.4, -0.2) is 35.2 Å². The van der Waals surface area contributed by atoms with Gasteiger partial charge in [-0.05, 0) is 6.92 Å². The molecule has 0 aromatic heterocycles. The Morgan fingerprint density at radius 3 is 3.18 bits per heavy atom. The van der Waals surface area contributed by atoms with Crippen LogP contribution in [0.5, 0.6) is 0 Å². The first-order valence-corrected chi connectivity index (χ1v) is 3.88. The van der Waals surface area contributed by atoms with Crippen LogP contribution in [0, 0.1) is 0 Å². The molecule has 0 saturated heterocycles. The third-order valence-electron chi connectivity index (χ3n) is 1.76. The third kappa shape index (κ3) is 1.80. The lowest BCUT2D eigenvalue weighted by Crippen LogP contribution is -2.28. The quantitative estimate of drug-likeness (QED) is 0.605. The van der Waals surface area contributed by atoms with Crippen LogP contribution in [0.15, 0.2) is 17.6 Å². The minimum atomic E-state index is -0.523. The fourth-order valence-corrected chi connectivity index (χ4v) is 1.22. The molecule has 0 bridgehead atoms. The molecule has 1 aliphatic rings. The molecule has 1 aliphatic heterocycles. The third-order valence-corrected chi connectivity index (χ3v) is 1.76. The molecule has 1 unspecified atom stereocenters. The summed E-state index contributed by atoms with van der Waals surface area (Å²) in [4.78, 5) is 6.12. The monoisotopic (exact) mass is 154 g/mol. The van der Waals surface area contributed by atoms with Gasteiger partial charge in [-0.1, -0.05) is 6.08 Å². The van der Waals surface area contributed by atoms with Gasteiger partial charge in [0, 0.05) is 13.0 Å². The second kappa shape index (κ2) is 3.53. The SMILES string of the molecule is C=CCC1=NC(O)CN1CC. The topological polar surface area (TPSA) is 35.8 Å². The molecule has 11 heavy (non-hydrogen) atoms. The number of hydrogen-bond donors (Lipinski definition) is 1. The van der Waals surface area contributed by atoms with Crippen LogP contribution in [0.3, 0.4) is 0 Å². The number of hydrogen-bond acceptors (Lipinski definition) is 3. The van der Waals surface area contributed by atoms with Crippen molar-refractivity contribution >= 4 is 5.84 Å². The second-order valence-corrected chi connectivity index (χ2v) is 2.56. The Morgan fingerprint density at radius 1 is 1.91 bits per heavy atom. The predicted octanol–water partition coefficient (Wildman–Crippen LogP) is 0.615. The molecule has 1 heterocycles. The van der Waals surface area contributed by atoms with Crippen LogP contribution in [-0.2, 0) is 0 Å². The van der Waals surface area contributed by atoms with Crippen molar-refractivity contribution in [2.24, 2.45) is 4.99 Å². The van der Waals surface area contributed by atoms with E-state index >= 15 is 0 Å². The van der Waals surface area contributed by atoms with Gasteiger partial charge in [0.2, 0.25) is 0 Å². The van der Waals surface area contributed by atoms with Crippen molar-refractivity contribution in [1.29, 1.82) is 0 Å². The van der Waals surface area contributed by atoms with Gasteiger partial charge < -0.3 is 10.0 Å². The fourth-order valence-electron chi connectivity index (χ4n) is 1.22. The van der Waals surface area contributed by atoms with Gasteiger partial charge >= 0.3 is 0 Å². The van der Waals surface area contributed by atoms with E-state index in [9.17, 15) is 0 Å². The van der Waals surface area contributed by atoms with E-state index in [-0.39, 0.29) is 0 Å². The molecule has 62 valence electrons. The molecule has 0 aromatic carbocycles. The van der Waals surface area contributed by atoms with Gasteiger partial charge in [0.1, 0.15) is 5.84 Å². The van der Waals surface area contributed by atoms with Gasteiger partial charge in [0.25, 0.3) is 0 Å². The minimum Gasteiger partial charge on any atom is -0.370 e. The molecule has 0 amide bonds. The highest BCUT2D eigenvalue weighted by molar-refractivity contribution is 5.85. The maximum Gasteiger partial charge on any atom is 0.164 e. The number of likely N-dealkylation sites (N-methyl/N-ethyl adjacent to an activating group) is 1. The average Bonchev–Trinajstić information content (AvgIpc) is 2.32. The summed E-state index contributed by atoms with van der Waals surface area (Å²) in [5, 5.41) is 9.16. The first kappa shape index (κ1) is 8.27. The molecular formula is C8H14N2O. The van der Waals surface area contributed by atoms with Gasteiger partial charge in [-0.3, -0.25) is 0 Å². The van der Waals surface area contributed by atoms with E-state index in [0.29, 0.717) is 6.54 Å². The van der Waals surface area contributed by atoms with E-state index in [0.717, 1.165) is 18.8 Å². The Kier molecular flexibility index (Phi) is 2.65.